The molecule has 2 heterocycles. The summed E-state index contributed by atoms with van der Waals surface area (Å²) in [4.78, 5) is 14.6. The zero-order valence-corrected chi connectivity index (χ0v) is 13.4. The Morgan fingerprint density at radius 1 is 1.13 bits per heavy atom. The van der Waals surface area contributed by atoms with Gasteiger partial charge in [-0.1, -0.05) is 30.3 Å². The number of likely N-dealkylation sites (tertiary alicyclic amines) is 1. The van der Waals surface area contributed by atoms with Crippen molar-refractivity contribution in [1.29, 1.82) is 0 Å². The van der Waals surface area contributed by atoms with Crippen molar-refractivity contribution >= 4 is 5.91 Å². The van der Waals surface area contributed by atoms with Crippen molar-refractivity contribution < 1.29 is 9.21 Å². The van der Waals surface area contributed by atoms with Crippen molar-refractivity contribution in [3.8, 4) is 0 Å². The van der Waals surface area contributed by atoms with Crippen LogP contribution in [0.25, 0.3) is 0 Å². The van der Waals surface area contributed by atoms with Crippen LogP contribution in [-0.4, -0.2) is 30.4 Å². The SMILES string of the molecule is O=C(CCc1ccco1)NCC(c1ccccc1)N1CCCC1. The standard InChI is InChI=1S/C19H24N2O2/c22-19(11-10-17-9-6-14-23-17)20-15-18(21-12-4-5-13-21)16-7-2-1-3-8-16/h1-3,6-9,14,18H,4-5,10-13,15H2,(H,20,22). The van der Waals surface area contributed by atoms with E-state index < -0.39 is 0 Å². The van der Waals surface area contributed by atoms with E-state index in [4.69, 9.17) is 4.42 Å². The molecule has 4 heteroatoms. The van der Waals surface area contributed by atoms with Gasteiger partial charge in [0.2, 0.25) is 5.91 Å². The molecule has 0 saturated carbocycles. The highest BCUT2D eigenvalue weighted by Gasteiger charge is 2.23. The van der Waals surface area contributed by atoms with Gasteiger partial charge in [0, 0.05) is 19.4 Å². The molecule has 1 aromatic heterocycles. The van der Waals surface area contributed by atoms with Crippen LogP contribution < -0.4 is 5.32 Å². The van der Waals surface area contributed by atoms with Crippen molar-refractivity contribution in [1.82, 2.24) is 10.2 Å². The lowest BCUT2D eigenvalue weighted by atomic mass is 10.1. The molecule has 3 rings (SSSR count). The predicted molar refractivity (Wildman–Crippen MR) is 90.0 cm³/mol. The Bertz CT molecular complexity index is 589. The summed E-state index contributed by atoms with van der Waals surface area (Å²) in [6.07, 6.45) is 5.26. The molecule has 1 fully saturated rings. The Morgan fingerprint density at radius 3 is 2.61 bits per heavy atom. The Hall–Kier alpha value is -2.07. The first-order valence-electron chi connectivity index (χ1n) is 8.41. The maximum atomic E-state index is 12.1. The van der Waals surface area contributed by atoms with Crippen molar-refractivity contribution in [2.24, 2.45) is 0 Å². The minimum Gasteiger partial charge on any atom is -0.469 e. The summed E-state index contributed by atoms with van der Waals surface area (Å²) in [6.45, 7) is 2.89. The Labute approximate surface area is 137 Å². The number of furan rings is 1. The fourth-order valence-corrected chi connectivity index (χ4v) is 3.18. The zero-order chi connectivity index (χ0) is 15.9. The van der Waals surface area contributed by atoms with Gasteiger partial charge in [0.25, 0.3) is 0 Å². The van der Waals surface area contributed by atoms with Crippen LogP contribution in [0.1, 0.15) is 36.6 Å². The van der Waals surface area contributed by atoms with Gasteiger partial charge in [0.05, 0.1) is 12.3 Å². The van der Waals surface area contributed by atoms with Gasteiger partial charge < -0.3 is 9.73 Å². The van der Waals surface area contributed by atoms with Gasteiger partial charge in [-0.15, -0.1) is 0 Å². The van der Waals surface area contributed by atoms with E-state index in [0.717, 1.165) is 18.8 Å². The van der Waals surface area contributed by atoms with E-state index in [1.807, 2.05) is 18.2 Å². The van der Waals surface area contributed by atoms with E-state index in [9.17, 15) is 4.79 Å². The Kier molecular flexibility index (Phi) is 5.48. The van der Waals surface area contributed by atoms with Gasteiger partial charge in [-0.05, 0) is 43.6 Å². The maximum Gasteiger partial charge on any atom is 0.220 e. The van der Waals surface area contributed by atoms with Crippen LogP contribution in [0.5, 0.6) is 0 Å². The molecule has 0 bridgehead atoms. The van der Waals surface area contributed by atoms with Crippen LogP contribution in [0.15, 0.2) is 53.1 Å². The fraction of sp³-hybridized carbons (Fsp3) is 0.421. The first-order valence-corrected chi connectivity index (χ1v) is 8.41. The van der Waals surface area contributed by atoms with Crippen molar-refractivity contribution in [2.75, 3.05) is 19.6 Å². The van der Waals surface area contributed by atoms with E-state index in [2.05, 4.69) is 34.5 Å². The second-order valence-electron chi connectivity index (χ2n) is 6.05. The lowest BCUT2D eigenvalue weighted by molar-refractivity contribution is -0.121. The summed E-state index contributed by atoms with van der Waals surface area (Å²) < 4.78 is 5.27. The first kappa shape index (κ1) is 15.8. The highest BCUT2D eigenvalue weighted by molar-refractivity contribution is 5.76. The number of hydrogen-bond donors (Lipinski definition) is 1. The van der Waals surface area contributed by atoms with Gasteiger partial charge in [-0.2, -0.15) is 0 Å². The number of nitrogens with zero attached hydrogens (tertiary/aromatic N) is 1. The number of benzene rings is 1. The summed E-state index contributed by atoms with van der Waals surface area (Å²) in [6, 6.07) is 14.5. The first-order chi connectivity index (χ1) is 11.3. The van der Waals surface area contributed by atoms with Gasteiger partial charge in [0.15, 0.2) is 0 Å². The second-order valence-corrected chi connectivity index (χ2v) is 6.05. The van der Waals surface area contributed by atoms with Crippen LogP contribution in [-0.2, 0) is 11.2 Å². The van der Waals surface area contributed by atoms with Gasteiger partial charge in [-0.3, -0.25) is 9.69 Å². The van der Waals surface area contributed by atoms with Crippen molar-refractivity contribution in [2.45, 2.75) is 31.7 Å². The molecule has 1 unspecified atom stereocenters. The number of carbonyl (C=O) groups excluding carboxylic acids is 1. The van der Waals surface area contributed by atoms with E-state index >= 15 is 0 Å². The molecular weight excluding hydrogens is 288 g/mol. The molecule has 1 N–H and O–H groups in total. The molecule has 1 atom stereocenters. The highest BCUT2D eigenvalue weighted by atomic mass is 16.3. The molecule has 1 aliphatic heterocycles. The van der Waals surface area contributed by atoms with Crippen LogP contribution >= 0.6 is 0 Å². The zero-order valence-electron chi connectivity index (χ0n) is 13.4. The molecule has 1 saturated heterocycles. The van der Waals surface area contributed by atoms with Gasteiger partial charge in [-0.25, -0.2) is 0 Å². The lowest BCUT2D eigenvalue weighted by Gasteiger charge is -2.28. The summed E-state index contributed by atoms with van der Waals surface area (Å²) >= 11 is 0. The van der Waals surface area contributed by atoms with E-state index in [1.54, 1.807) is 6.26 Å². The summed E-state index contributed by atoms with van der Waals surface area (Å²) in [5.41, 5.74) is 1.28. The maximum absolute atomic E-state index is 12.1. The van der Waals surface area contributed by atoms with Gasteiger partial charge >= 0.3 is 0 Å². The molecular formula is C19H24N2O2. The molecule has 0 spiro atoms. The molecule has 0 radical (unpaired) electrons. The van der Waals surface area contributed by atoms with Crippen LogP contribution in [0, 0.1) is 0 Å². The number of carbonyl (C=O) groups is 1. The molecule has 2 aromatic rings. The van der Waals surface area contributed by atoms with Crippen LogP contribution in [0.3, 0.4) is 0 Å². The largest absolute Gasteiger partial charge is 0.469 e. The molecule has 1 aromatic carbocycles. The third kappa shape index (κ3) is 4.45. The third-order valence-corrected chi connectivity index (χ3v) is 4.44. The minimum absolute atomic E-state index is 0.0847. The number of rotatable bonds is 7. The van der Waals surface area contributed by atoms with E-state index in [1.165, 1.54) is 18.4 Å². The third-order valence-electron chi connectivity index (χ3n) is 4.44. The van der Waals surface area contributed by atoms with Crippen molar-refractivity contribution in [3.05, 3.63) is 60.1 Å². The fourth-order valence-electron chi connectivity index (χ4n) is 3.18. The van der Waals surface area contributed by atoms with E-state index in [-0.39, 0.29) is 11.9 Å². The molecule has 23 heavy (non-hydrogen) atoms. The molecule has 1 amide bonds. The van der Waals surface area contributed by atoms with Crippen LogP contribution in [0.4, 0.5) is 0 Å². The average Bonchev–Trinajstić information content (AvgIpc) is 3.28. The smallest absolute Gasteiger partial charge is 0.220 e. The van der Waals surface area contributed by atoms with Crippen LogP contribution in [0.2, 0.25) is 0 Å². The van der Waals surface area contributed by atoms with Crippen molar-refractivity contribution in [3.63, 3.8) is 0 Å². The Balaban J connectivity index is 1.54. The second kappa shape index (κ2) is 7.97. The average molecular weight is 312 g/mol. The number of hydrogen-bond acceptors (Lipinski definition) is 3. The molecule has 4 nitrogen and oxygen atoms in total. The summed E-state index contributed by atoms with van der Waals surface area (Å²) in [5, 5.41) is 3.10. The number of aryl methyl sites for hydroxylation is 1. The highest BCUT2D eigenvalue weighted by Crippen LogP contribution is 2.24. The normalized spacial score (nSPS) is 16.3. The summed E-state index contributed by atoms with van der Waals surface area (Å²) in [5.74, 6) is 0.945. The quantitative estimate of drug-likeness (QED) is 0.854. The Morgan fingerprint density at radius 2 is 1.91 bits per heavy atom. The van der Waals surface area contributed by atoms with E-state index in [0.29, 0.717) is 19.4 Å². The monoisotopic (exact) mass is 312 g/mol. The lowest BCUT2D eigenvalue weighted by Crippen LogP contribution is -2.36. The summed E-state index contributed by atoms with van der Waals surface area (Å²) in [7, 11) is 0. The molecule has 122 valence electrons. The van der Waals surface area contributed by atoms with Gasteiger partial charge in [0.1, 0.15) is 5.76 Å². The molecule has 0 aliphatic carbocycles. The number of nitrogens with one attached hydrogen (secondary N) is 1. The predicted octanol–water partition coefficient (Wildman–Crippen LogP) is 3.17. The number of amides is 1. The minimum atomic E-state index is 0.0847. The topological polar surface area (TPSA) is 45.5 Å². The molecule has 1 aliphatic rings.